The maximum Gasteiger partial charge on any atom is 0.356 e. The number of carboxylic acids is 1. The van der Waals surface area contributed by atoms with Gasteiger partial charge in [0.25, 0.3) is 0 Å². The van der Waals surface area contributed by atoms with Crippen molar-refractivity contribution in [2.45, 2.75) is 0 Å². The molecule has 0 unspecified atom stereocenters. The number of carboxylic acid groups (broad SMARTS) is 1. The van der Waals surface area contributed by atoms with Gasteiger partial charge in [-0.2, -0.15) is 5.10 Å². The largest absolute Gasteiger partial charge is 0.476 e. The van der Waals surface area contributed by atoms with Crippen molar-refractivity contribution in [3.63, 3.8) is 0 Å². The van der Waals surface area contributed by atoms with Crippen LogP contribution in [-0.2, 0) is 0 Å². The number of aromatic carboxylic acids is 1. The maximum atomic E-state index is 12.6. The van der Waals surface area contributed by atoms with Crippen molar-refractivity contribution in [1.29, 1.82) is 0 Å². The number of rotatable bonds is 1. The van der Waals surface area contributed by atoms with Gasteiger partial charge in [0.2, 0.25) is 0 Å². The van der Waals surface area contributed by atoms with Gasteiger partial charge in [0.05, 0.1) is 11.7 Å². The van der Waals surface area contributed by atoms with E-state index in [2.05, 4.69) is 5.10 Å². The third-order valence-corrected chi connectivity index (χ3v) is 1.64. The Morgan fingerprint density at radius 1 is 1.54 bits per heavy atom. The second-order valence-electron chi connectivity index (χ2n) is 2.55. The minimum atomic E-state index is -1.12. The molecule has 2 aromatic rings. The molecule has 0 fully saturated rings. The van der Waals surface area contributed by atoms with E-state index in [1.165, 1.54) is 22.7 Å². The van der Waals surface area contributed by atoms with E-state index in [1.54, 1.807) is 0 Å². The minimum absolute atomic E-state index is 0.0920. The summed E-state index contributed by atoms with van der Waals surface area (Å²) in [5.41, 5.74) is 0.462. The molecule has 0 radical (unpaired) electrons. The Balaban J connectivity index is 2.68. The van der Waals surface area contributed by atoms with E-state index < -0.39 is 11.8 Å². The Hall–Kier alpha value is -1.91. The van der Waals surface area contributed by atoms with E-state index in [4.69, 9.17) is 5.11 Å². The zero-order chi connectivity index (χ0) is 9.42. The summed E-state index contributed by atoms with van der Waals surface area (Å²) in [4.78, 5) is 10.5. The monoisotopic (exact) mass is 180 g/mol. The van der Waals surface area contributed by atoms with Crippen LogP contribution in [0, 0.1) is 5.82 Å². The lowest BCUT2D eigenvalue weighted by Gasteiger charge is -1.90. The molecule has 2 aromatic heterocycles. The average Bonchev–Trinajstić information content (AvgIpc) is 2.46. The molecule has 0 atom stereocenters. The highest BCUT2D eigenvalue weighted by atomic mass is 19.1. The van der Waals surface area contributed by atoms with Gasteiger partial charge in [-0.15, -0.1) is 0 Å². The summed E-state index contributed by atoms with van der Waals surface area (Å²) in [6.45, 7) is 0. The Bertz CT molecular complexity index is 478. The van der Waals surface area contributed by atoms with Crippen LogP contribution in [0.15, 0.2) is 24.4 Å². The molecule has 4 nitrogen and oxygen atoms in total. The van der Waals surface area contributed by atoms with Gasteiger partial charge < -0.3 is 5.11 Å². The molecule has 0 aliphatic rings. The van der Waals surface area contributed by atoms with Crippen molar-refractivity contribution in [3.8, 4) is 0 Å². The van der Waals surface area contributed by atoms with Crippen molar-refractivity contribution in [2.75, 3.05) is 0 Å². The molecule has 2 rings (SSSR count). The zero-order valence-electron chi connectivity index (χ0n) is 6.44. The zero-order valence-corrected chi connectivity index (χ0v) is 6.44. The van der Waals surface area contributed by atoms with E-state index in [0.717, 1.165) is 6.20 Å². The van der Waals surface area contributed by atoms with Gasteiger partial charge >= 0.3 is 5.97 Å². The maximum absolute atomic E-state index is 12.6. The summed E-state index contributed by atoms with van der Waals surface area (Å²) in [7, 11) is 0. The number of pyridine rings is 1. The lowest BCUT2D eigenvalue weighted by molar-refractivity contribution is 0.0690. The first-order valence-electron chi connectivity index (χ1n) is 3.55. The molecular formula is C8H5FN2O2. The minimum Gasteiger partial charge on any atom is -0.476 e. The second kappa shape index (κ2) is 2.55. The molecule has 0 saturated carbocycles. The third-order valence-electron chi connectivity index (χ3n) is 1.64. The molecule has 66 valence electrons. The van der Waals surface area contributed by atoms with Crippen LogP contribution in [0.4, 0.5) is 4.39 Å². The normalized spacial score (nSPS) is 10.5. The molecule has 0 bridgehead atoms. The van der Waals surface area contributed by atoms with E-state index in [1.807, 2.05) is 0 Å². The first kappa shape index (κ1) is 7.72. The van der Waals surface area contributed by atoms with E-state index in [0.29, 0.717) is 5.52 Å². The second-order valence-corrected chi connectivity index (χ2v) is 2.55. The fourth-order valence-corrected chi connectivity index (χ4v) is 1.07. The van der Waals surface area contributed by atoms with Gasteiger partial charge in [0, 0.05) is 0 Å². The number of aromatic nitrogens is 2. The Morgan fingerprint density at radius 3 is 3.00 bits per heavy atom. The lowest BCUT2D eigenvalue weighted by Crippen LogP contribution is -1.97. The highest BCUT2D eigenvalue weighted by Gasteiger charge is 2.08. The Labute approximate surface area is 72.2 Å². The predicted octanol–water partition coefficient (Wildman–Crippen LogP) is 1.17. The van der Waals surface area contributed by atoms with Gasteiger partial charge in [0.15, 0.2) is 5.69 Å². The van der Waals surface area contributed by atoms with Crippen LogP contribution < -0.4 is 0 Å². The Kier molecular flexibility index (Phi) is 1.51. The molecule has 2 heterocycles. The standard InChI is InChI=1S/C8H5FN2O2/c9-5-1-2-6-3-7(8(12)13)10-11(6)4-5/h1-4H,(H,12,13). The number of halogens is 1. The van der Waals surface area contributed by atoms with E-state index in [-0.39, 0.29) is 5.69 Å². The van der Waals surface area contributed by atoms with Crippen molar-refractivity contribution in [3.05, 3.63) is 35.9 Å². The van der Waals surface area contributed by atoms with E-state index in [9.17, 15) is 9.18 Å². The first-order valence-corrected chi connectivity index (χ1v) is 3.55. The molecule has 0 aliphatic heterocycles. The van der Waals surface area contributed by atoms with Gasteiger partial charge in [0.1, 0.15) is 5.82 Å². The molecule has 13 heavy (non-hydrogen) atoms. The van der Waals surface area contributed by atoms with Gasteiger partial charge in [-0.25, -0.2) is 13.7 Å². The SMILES string of the molecule is O=C(O)c1cc2ccc(F)cn2n1. The van der Waals surface area contributed by atoms with Crippen molar-refractivity contribution in [1.82, 2.24) is 9.61 Å². The fourth-order valence-electron chi connectivity index (χ4n) is 1.07. The van der Waals surface area contributed by atoms with Crippen LogP contribution in [0.3, 0.4) is 0 Å². The summed E-state index contributed by atoms with van der Waals surface area (Å²) in [5, 5.41) is 12.2. The van der Waals surface area contributed by atoms with Crippen LogP contribution in [0.1, 0.15) is 10.5 Å². The highest BCUT2D eigenvalue weighted by Crippen LogP contribution is 2.07. The smallest absolute Gasteiger partial charge is 0.356 e. The van der Waals surface area contributed by atoms with Crippen LogP contribution >= 0.6 is 0 Å². The van der Waals surface area contributed by atoms with Crippen molar-refractivity contribution in [2.24, 2.45) is 0 Å². The van der Waals surface area contributed by atoms with Crippen LogP contribution in [0.5, 0.6) is 0 Å². The summed E-state index contributed by atoms with van der Waals surface area (Å²) in [6.07, 6.45) is 1.13. The quantitative estimate of drug-likeness (QED) is 0.716. The number of nitrogens with zero attached hydrogens (tertiary/aromatic N) is 2. The van der Waals surface area contributed by atoms with Crippen molar-refractivity contribution >= 4 is 11.5 Å². The molecule has 0 aliphatic carbocycles. The highest BCUT2D eigenvalue weighted by molar-refractivity contribution is 5.86. The van der Waals surface area contributed by atoms with Crippen LogP contribution in [0.2, 0.25) is 0 Å². The fraction of sp³-hybridized carbons (Fsp3) is 0. The van der Waals surface area contributed by atoms with E-state index >= 15 is 0 Å². The molecule has 0 aromatic carbocycles. The third kappa shape index (κ3) is 1.24. The number of fused-ring (bicyclic) bond motifs is 1. The molecule has 0 amide bonds. The molecule has 0 saturated heterocycles. The summed E-state index contributed by atoms with van der Waals surface area (Å²) < 4.78 is 13.8. The number of carbonyl (C=O) groups is 1. The average molecular weight is 180 g/mol. The number of hydrogen-bond donors (Lipinski definition) is 1. The molecule has 5 heteroatoms. The summed E-state index contributed by atoms with van der Waals surface area (Å²) >= 11 is 0. The van der Waals surface area contributed by atoms with Gasteiger partial charge in [-0.3, -0.25) is 0 Å². The Morgan fingerprint density at radius 2 is 2.31 bits per heavy atom. The van der Waals surface area contributed by atoms with Crippen LogP contribution in [-0.4, -0.2) is 20.7 Å². The summed E-state index contributed by atoms with van der Waals surface area (Å²) in [6, 6.07) is 4.10. The molecular weight excluding hydrogens is 175 g/mol. The lowest BCUT2D eigenvalue weighted by atomic mass is 10.3. The summed E-state index contributed by atoms with van der Waals surface area (Å²) in [5.74, 6) is -1.57. The number of hydrogen-bond acceptors (Lipinski definition) is 2. The van der Waals surface area contributed by atoms with Crippen LogP contribution in [0.25, 0.3) is 5.52 Å². The first-order chi connectivity index (χ1) is 6.16. The van der Waals surface area contributed by atoms with Gasteiger partial charge in [-0.1, -0.05) is 0 Å². The molecule has 0 spiro atoms. The topological polar surface area (TPSA) is 54.6 Å². The molecule has 1 N–H and O–H groups in total. The van der Waals surface area contributed by atoms with Crippen molar-refractivity contribution < 1.29 is 14.3 Å². The van der Waals surface area contributed by atoms with Gasteiger partial charge in [-0.05, 0) is 18.2 Å². The predicted molar refractivity (Wildman–Crippen MR) is 42.1 cm³/mol.